The molecule has 2 N–H and O–H groups in total. The fourth-order valence-electron chi connectivity index (χ4n) is 3.20. The predicted molar refractivity (Wildman–Crippen MR) is 88.9 cm³/mol. The average Bonchev–Trinajstić information content (AvgIpc) is 2.57. The van der Waals surface area contributed by atoms with Gasteiger partial charge in [-0.1, -0.05) is 48.5 Å². The van der Waals surface area contributed by atoms with Crippen LogP contribution in [-0.2, 0) is 5.54 Å². The van der Waals surface area contributed by atoms with Gasteiger partial charge in [0.05, 0.1) is 5.54 Å². The normalized spacial score (nSPS) is 21.3. The highest BCUT2D eigenvalue weighted by molar-refractivity contribution is 5.96. The Bertz CT molecular complexity index is 645. The highest BCUT2D eigenvalue weighted by Gasteiger charge is 2.35. The van der Waals surface area contributed by atoms with Crippen LogP contribution in [-0.4, -0.2) is 19.0 Å². The lowest BCUT2D eigenvalue weighted by Gasteiger charge is -2.39. The van der Waals surface area contributed by atoms with Gasteiger partial charge in [0.2, 0.25) is 0 Å². The number of hydrogen-bond donors (Lipinski definition) is 2. The largest absolute Gasteiger partial charge is 0.341 e. The molecule has 0 aromatic heterocycles. The molecule has 0 bridgehead atoms. The summed E-state index contributed by atoms with van der Waals surface area (Å²) >= 11 is 0. The molecule has 0 spiro atoms. The van der Waals surface area contributed by atoms with Crippen LogP contribution in [0.15, 0.2) is 54.6 Å². The second-order valence-electron chi connectivity index (χ2n) is 6.00. The van der Waals surface area contributed by atoms with Gasteiger partial charge in [-0.05, 0) is 43.5 Å². The SMILES string of the molecule is Cc1ccccc1C(=O)N[C@]1(c2ccccc2)CCCNC1. The smallest absolute Gasteiger partial charge is 0.252 e. The zero-order valence-corrected chi connectivity index (χ0v) is 12.9. The maximum absolute atomic E-state index is 12.8. The lowest BCUT2D eigenvalue weighted by molar-refractivity contribution is 0.0876. The molecule has 1 aliphatic rings. The van der Waals surface area contributed by atoms with E-state index in [4.69, 9.17) is 0 Å². The molecule has 22 heavy (non-hydrogen) atoms. The topological polar surface area (TPSA) is 41.1 Å². The Morgan fingerprint density at radius 2 is 1.82 bits per heavy atom. The third-order valence-corrected chi connectivity index (χ3v) is 4.45. The first-order valence-corrected chi connectivity index (χ1v) is 7.86. The van der Waals surface area contributed by atoms with Crippen LogP contribution in [0.2, 0.25) is 0 Å². The van der Waals surface area contributed by atoms with Crippen LogP contribution in [0.1, 0.15) is 34.3 Å². The van der Waals surface area contributed by atoms with Gasteiger partial charge in [0.25, 0.3) is 5.91 Å². The van der Waals surface area contributed by atoms with Crippen LogP contribution in [0.25, 0.3) is 0 Å². The molecular formula is C19H22N2O. The second kappa shape index (κ2) is 6.32. The van der Waals surface area contributed by atoms with Gasteiger partial charge in [0.15, 0.2) is 0 Å². The quantitative estimate of drug-likeness (QED) is 0.913. The summed E-state index contributed by atoms with van der Waals surface area (Å²) in [6.07, 6.45) is 2.02. The van der Waals surface area contributed by atoms with E-state index in [2.05, 4.69) is 22.8 Å². The Hall–Kier alpha value is -2.13. The first-order valence-electron chi connectivity index (χ1n) is 7.86. The zero-order valence-electron chi connectivity index (χ0n) is 12.9. The van der Waals surface area contributed by atoms with E-state index in [0.29, 0.717) is 0 Å². The molecule has 114 valence electrons. The Kier molecular flexibility index (Phi) is 4.25. The molecule has 0 radical (unpaired) electrons. The zero-order chi connectivity index (χ0) is 15.4. The molecule has 1 saturated heterocycles. The van der Waals surface area contributed by atoms with Crippen molar-refractivity contribution in [1.29, 1.82) is 0 Å². The van der Waals surface area contributed by atoms with Gasteiger partial charge in [-0.25, -0.2) is 0 Å². The number of carbonyl (C=O) groups excluding carboxylic acids is 1. The number of rotatable bonds is 3. The Morgan fingerprint density at radius 1 is 1.09 bits per heavy atom. The minimum Gasteiger partial charge on any atom is -0.341 e. The summed E-state index contributed by atoms with van der Waals surface area (Å²) in [4.78, 5) is 12.8. The summed E-state index contributed by atoms with van der Waals surface area (Å²) in [5, 5.41) is 6.74. The van der Waals surface area contributed by atoms with E-state index < -0.39 is 0 Å². The van der Waals surface area contributed by atoms with Crippen molar-refractivity contribution in [3.8, 4) is 0 Å². The van der Waals surface area contributed by atoms with Gasteiger partial charge in [-0.3, -0.25) is 4.79 Å². The molecule has 3 heteroatoms. The van der Waals surface area contributed by atoms with E-state index in [9.17, 15) is 4.79 Å². The number of nitrogens with one attached hydrogen (secondary N) is 2. The summed E-state index contributed by atoms with van der Waals surface area (Å²) in [6.45, 7) is 3.76. The van der Waals surface area contributed by atoms with Crippen molar-refractivity contribution < 1.29 is 4.79 Å². The van der Waals surface area contributed by atoms with E-state index in [1.807, 2.05) is 49.4 Å². The van der Waals surface area contributed by atoms with Gasteiger partial charge in [0, 0.05) is 12.1 Å². The van der Waals surface area contributed by atoms with Gasteiger partial charge in [0.1, 0.15) is 0 Å². The molecule has 1 amide bonds. The van der Waals surface area contributed by atoms with Crippen molar-refractivity contribution in [2.45, 2.75) is 25.3 Å². The fourth-order valence-corrected chi connectivity index (χ4v) is 3.20. The van der Waals surface area contributed by atoms with Gasteiger partial charge >= 0.3 is 0 Å². The summed E-state index contributed by atoms with van der Waals surface area (Å²) in [7, 11) is 0. The van der Waals surface area contributed by atoms with Crippen molar-refractivity contribution in [1.82, 2.24) is 10.6 Å². The first-order chi connectivity index (χ1) is 10.7. The lowest BCUT2D eigenvalue weighted by atomic mass is 9.82. The van der Waals surface area contributed by atoms with Gasteiger partial charge in [-0.15, -0.1) is 0 Å². The van der Waals surface area contributed by atoms with Crippen molar-refractivity contribution in [2.24, 2.45) is 0 Å². The van der Waals surface area contributed by atoms with E-state index >= 15 is 0 Å². The Balaban J connectivity index is 1.91. The second-order valence-corrected chi connectivity index (χ2v) is 6.00. The number of amides is 1. The van der Waals surface area contributed by atoms with Crippen LogP contribution in [0.4, 0.5) is 0 Å². The number of piperidine rings is 1. The van der Waals surface area contributed by atoms with E-state index in [-0.39, 0.29) is 11.4 Å². The minimum atomic E-state index is -0.321. The molecule has 0 aliphatic carbocycles. The third kappa shape index (κ3) is 2.90. The predicted octanol–water partition coefficient (Wildman–Crippen LogP) is 3.00. The maximum Gasteiger partial charge on any atom is 0.252 e. The molecule has 3 rings (SSSR count). The molecule has 0 saturated carbocycles. The number of aryl methyl sites for hydroxylation is 1. The van der Waals surface area contributed by atoms with E-state index in [1.54, 1.807) is 0 Å². The highest BCUT2D eigenvalue weighted by atomic mass is 16.1. The number of hydrogen-bond acceptors (Lipinski definition) is 2. The van der Waals surface area contributed by atoms with E-state index in [0.717, 1.165) is 37.1 Å². The molecule has 3 nitrogen and oxygen atoms in total. The standard InChI is InChI=1S/C19H22N2O/c1-15-8-5-6-11-17(15)18(22)21-19(12-7-13-20-14-19)16-9-3-2-4-10-16/h2-6,8-11,20H,7,12-14H2,1H3,(H,21,22)/t19-/m1/s1. The Morgan fingerprint density at radius 3 is 2.50 bits per heavy atom. The maximum atomic E-state index is 12.8. The van der Waals surface area contributed by atoms with Crippen LogP contribution in [0.3, 0.4) is 0 Å². The average molecular weight is 294 g/mol. The summed E-state index contributed by atoms with van der Waals surface area (Å²) < 4.78 is 0. The van der Waals surface area contributed by atoms with Gasteiger partial charge in [-0.2, -0.15) is 0 Å². The highest BCUT2D eigenvalue weighted by Crippen LogP contribution is 2.29. The number of carbonyl (C=O) groups is 1. The van der Waals surface area contributed by atoms with Crippen molar-refractivity contribution in [3.05, 3.63) is 71.3 Å². The van der Waals surface area contributed by atoms with Crippen LogP contribution in [0.5, 0.6) is 0 Å². The molecular weight excluding hydrogens is 272 g/mol. The minimum absolute atomic E-state index is 0.00523. The molecule has 0 unspecified atom stereocenters. The van der Waals surface area contributed by atoms with Gasteiger partial charge < -0.3 is 10.6 Å². The molecule has 1 fully saturated rings. The lowest BCUT2D eigenvalue weighted by Crippen LogP contribution is -2.55. The third-order valence-electron chi connectivity index (χ3n) is 4.45. The molecule has 1 atom stereocenters. The van der Waals surface area contributed by atoms with Crippen LogP contribution < -0.4 is 10.6 Å². The molecule has 2 aromatic rings. The number of benzene rings is 2. The Labute approximate surface area is 131 Å². The van der Waals surface area contributed by atoms with Crippen molar-refractivity contribution in [2.75, 3.05) is 13.1 Å². The van der Waals surface area contributed by atoms with E-state index in [1.165, 1.54) is 5.56 Å². The first kappa shape index (κ1) is 14.8. The summed E-state index contributed by atoms with van der Waals surface area (Å²) in [6, 6.07) is 18.0. The van der Waals surface area contributed by atoms with Crippen LogP contribution >= 0.6 is 0 Å². The monoisotopic (exact) mass is 294 g/mol. The molecule has 1 heterocycles. The van der Waals surface area contributed by atoms with Crippen molar-refractivity contribution >= 4 is 5.91 Å². The summed E-state index contributed by atoms with van der Waals surface area (Å²) in [5.74, 6) is 0.00523. The fraction of sp³-hybridized carbons (Fsp3) is 0.316. The van der Waals surface area contributed by atoms with Crippen molar-refractivity contribution in [3.63, 3.8) is 0 Å². The molecule has 2 aromatic carbocycles. The summed E-state index contributed by atoms with van der Waals surface area (Å²) in [5.41, 5.74) is 2.61. The van der Waals surface area contributed by atoms with Crippen LogP contribution in [0, 0.1) is 6.92 Å². The molecule has 1 aliphatic heterocycles.